The van der Waals surface area contributed by atoms with Crippen molar-refractivity contribution in [2.75, 3.05) is 7.11 Å². The molecular weight excluding hydrogens is 266 g/mol. The van der Waals surface area contributed by atoms with Gasteiger partial charge >= 0.3 is 0 Å². The largest absolute Gasteiger partial charge is 0.497 e. The number of thiophene rings is 1. The van der Waals surface area contributed by atoms with E-state index in [1.807, 2.05) is 23.5 Å². The lowest BCUT2D eigenvalue weighted by Crippen LogP contribution is -2.11. The standard InChI is InChI=1S/C17H21NOS/c1-19-14-8-6-12(7-9-14)10-15(18)17-11-13-4-2-3-5-16(13)20-17/h6-9,11,15H,2-5,10,18H2,1H3. The molecule has 2 N–H and O–H groups in total. The van der Waals surface area contributed by atoms with Gasteiger partial charge in [-0.2, -0.15) is 0 Å². The molecule has 3 rings (SSSR count). The van der Waals surface area contributed by atoms with Gasteiger partial charge in [0.15, 0.2) is 0 Å². The molecule has 1 atom stereocenters. The molecule has 106 valence electrons. The van der Waals surface area contributed by atoms with E-state index >= 15 is 0 Å². The SMILES string of the molecule is COc1ccc(CC(N)c2cc3c(s2)CCCC3)cc1. The summed E-state index contributed by atoms with van der Waals surface area (Å²) in [6.45, 7) is 0. The van der Waals surface area contributed by atoms with Crippen molar-refractivity contribution < 1.29 is 4.74 Å². The van der Waals surface area contributed by atoms with Crippen LogP contribution in [-0.4, -0.2) is 7.11 Å². The third-order valence-corrected chi connectivity index (χ3v) is 5.36. The molecule has 20 heavy (non-hydrogen) atoms. The van der Waals surface area contributed by atoms with Crippen molar-refractivity contribution in [1.82, 2.24) is 0 Å². The van der Waals surface area contributed by atoms with E-state index in [-0.39, 0.29) is 6.04 Å². The molecule has 1 heterocycles. The minimum Gasteiger partial charge on any atom is -0.497 e. The fraction of sp³-hybridized carbons (Fsp3) is 0.412. The predicted molar refractivity (Wildman–Crippen MR) is 84.6 cm³/mol. The van der Waals surface area contributed by atoms with Gasteiger partial charge in [-0.25, -0.2) is 0 Å². The van der Waals surface area contributed by atoms with Gasteiger partial charge < -0.3 is 10.5 Å². The second kappa shape index (κ2) is 5.98. The summed E-state index contributed by atoms with van der Waals surface area (Å²) in [7, 11) is 1.69. The summed E-state index contributed by atoms with van der Waals surface area (Å²) in [5.41, 5.74) is 9.20. The highest BCUT2D eigenvalue weighted by atomic mass is 32.1. The van der Waals surface area contributed by atoms with E-state index in [9.17, 15) is 0 Å². The molecule has 1 aromatic carbocycles. The molecule has 1 aliphatic carbocycles. The minimum absolute atomic E-state index is 0.110. The summed E-state index contributed by atoms with van der Waals surface area (Å²) in [6.07, 6.45) is 6.04. The van der Waals surface area contributed by atoms with E-state index in [1.165, 1.54) is 36.1 Å². The number of methoxy groups -OCH3 is 1. The van der Waals surface area contributed by atoms with Crippen LogP contribution in [0.25, 0.3) is 0 Å². The zero-order valence-corrected chi connectivity index (χ0v) is 12.7. The Morgan fingerprint density at radius 1 is 1.20 bits per heavy atom. The number of rotatable bonds is 4. The minimum atomic E-state index is 0.110. The van der Waals surface area contributed by atoms with Gasteiger partial charge in [-0.3, -0.25) is 0 Å². The van der Waals surface area contributed by atoms with E-state index < -0.39 is 0 Å². The Morgan fingerprint density at radius 2 is 1.95 bits per heavy atom. The van der Waals surface area contributed by atoms with Crippen LogP contribution < -0.4 is 10.5 Å². The fourth-order valence-corrected chi connectivity index (χ4v) is 4.07. The second-order valence-electron chi connectivity index (χ2n) is 5.46. The first kappa shape index (κ1) is 13.7. The molecule has 0 saturated heterocycles. The first-order valence-corrected chi connectivity index (χ1v) is 8.08. The number of ether oxygens (including phenoxy) is 1. The van der Waals surface area contributed by atoms with Crippen molar-refractivity contribution in [3.63, 3.8) is 0 Å². The van der Waals surface area contributed by atoms with Crippen molar-refractivity contribution >= 4 is 11.3 Å². The van der Waals surface area contributed by atoms with Crippen LogP contribution in [-0.2, 0) is 19.3 Å². The van der Waals surface area contributed by atoms with Crippen LogP contribution in [0.4, 0.5) is 0 Å². The number of benzene rings is 1. The van der Waals surface area contributed by atoms with Crippen molar-refractivity contribution in [1.29, 1.82) is 0 Å². The molecule has 1 aliphatic rings. The lowest BCUT2D eigenvalue weighted by atomic mass is 9.98. The van der Waals surface area contributed by atoms with Gasteiger partial charge in [0.05, 0.1) is 7.11 Å². The van der Waals surface area contributed by atoms with Crippen LogP contribution in [0.15, 0.2) is 30.3 Å². The zero-order chi connectivity index (χ0) is 13.9. The molecule has 0 spiro atoms. The Morgan fingerprint density at radius 3 is 2.65 bits per heavy atom. The summed E-state index contributed by atoms with van der Waals surface area (Å²) in [6, 6.07) is 10.7. The van der Waals surface area contributed by atoms with Gasteiger partial charge in [0.25, 0.3) is 0 Å². The second-order valence-corrected chi connectivity index (χ2v) is 6.63. The third kappa shape index (κ3) is 2.89. The fourth-order valence-electron chi connectivity index (χ4n) is 2.81. The van der Waals surface area contributed by atoms with Crippen LogP contribution in [0.3, 0.4) is 0 Å². The topological polar surface area (TPSA) is 35.2 Å². The van der Waals surface area contributed by atoms with Crippen molar-refractivity contribution in [3.05, 3.63) is 51.2 Å². The lowest BCUT2D eigenvalue weighted by Gasteiger charge is -2.10. The maximum absolute atomic E-state index is 6.39. The van der Waals surface area contributed by atoms with Gasteiger partial charge in [0.1, 0.15) is 5.75 Å². The summed E-state index contributed by atoms with van der Waals surface area (Å²) < 4.78 is 5.18. The van der Waals surface area contributed by atoms with E-state index in [1.54, 1.807) is 17.6 Å². The molecule has 1 aromatic heterocycles. The predicted octanol–water partition coefficient (Wildman–Crippen LogP) is 3.88. The first-order valence-electron chi connectivity index (χ1n) is 7.26. The zero-order valence-electron chi connectivity index (χ0n) is 11.9. The number of hydrogen-bond acceptors (Lipinski definition) is 3. The molecule has 3 heteroatoms. The van der Waals surface area contributed by atoms with Crippen LogP contribution in [0.1, 0.15) is 39.8 Å². The quantitative estimate of drug-likeness (QED) is 0.926. The highest BCUT2D eigenvalue weighted by Crippen LogP contribution is 2.33. The van der Waals surface area contributed by atoms with E-state index in [4.69, 9.17) is 10.5 Å². The van der Waals surface area contributed by atoms with Crippen LogP contribution >= 0.6 is 11.3 Å². The number of nitrogens with two attached hydrogens (primary N) is 1. The number of fused-ring (bicyclic) bond motifs is 1. The summed E-state index contributed by atoms with van der Waals surface area (Å²) in [4.78, 5) is 2.91. The number of hydrogen-bond donors (Lipinski definition) is 1. The Balaban J connectivity index is 1.71. The smallest absolute Gasteiger partial charge is 0.118 e. The van der Waals surface area contributed by atoms with Gasteiger partial charge in [-0.05, 0) is 61.4 Å². The molecule has 0 aliphatic heterocycles. The van der Waals surface area contributed by atoms with Crippen molar-refractivity contribution in [2.24, 2.45) is 5.73 Å². The Hall–Kier alpha value is -1.32. The summed E-state index contributed by atoms with van der Waals surface area (Å²) in [5.74, 6) is 0.897. The van der Waals surface area contributed by atoms with Gasteiger partial charge in [-0.1, -0.05) is 12.1 Å². The molecule has 0 radical (unpaired) electrons. The van der Waals surface area contributed by atoms with Crippen LogP contribution in [0, 0.1) is 0 Å². The molecule has 0 bridgehead atoms. The highest BCUT2D eigenvalue weighted by molar-refractivity contribution is 7.12. The van der Waals surface area contributed by atoms with E-state index in [0.29, 0.717) is 0 Å². The van der Waals surface area contributed by atoms with E-state index in [2.05, 4.69) is 18.2 Å². The Labute approximate surface area is 124 Å². The summed E-state index contributed by atoms with van der Waals surface area (Å²) >= 11 is 1.92. The molecular formula is C17H21NOS. The maximum atomic E-state index is 6.39. The third-order valence-electron chi connectivity index (χ3n) is 4.00. The van der Waals surface area contributed by atoms with Crippen LogP contribution in [0.5, 0.6) is 5.75 Å². The molecule has 0 fully saturated rings. The molecule has 0 amide bonds. The Bertz CT molecular complexity index is 550. The normalized spacial score (nSPS) is 15.7. The van der Waals surface area contributed by atoms with Crippen LogP contribution in [0.2, 0.25) is 0 Å². The molecule has 0 saturated carbocycles. The molecule has 1 unspecified atom stereocenters. The highest BCUT2D eigenvalue weighted by Gasteiger charge is 2.17. The molecule has 2 nitrogen and oxygen atoms in total. The first-order chi connectivity index (χ1) is 9.76. The van der Waals surface area contributed by atoms with Gasteiger partial charge in [0, 0.05) is 15.8 Å². The van der Waals surface area contributed by atoms with Crippen molar-refractivity contribution in [3.8, 4) is 5.75 Å². The maximum Gasteiger partial charge on any atom is 0.118 e. The summed E-state index contributed by atoms with van der Waals surface area (Å²) in [5, 5.41) is 0. The average molecular weight is 287 g/mol. The van der Waals surface area contributed by atoms with Crippen molar-refractivity contribution in [2.45, 2.75) is 38.1 Å². The average Bonchev–Trinajstić information content (AvgIpc) is 2.92. The number of aryl methyl sites for hydroxylation is 2. The molecule has 2 aromatic rings. The Kier molecular flexibility index (Phi) is 4.08. The lowest BCUT2D eigenvalue weighted by molar-refractivity contribution is 0.414. The van der Waals surface area contributed by atoms with E-state index in [0.717, 1.165) is 12.2 Å². The van der Waals surface area contributed by atoms with Gasteiger partial charge in [0.2, 0.25) is 0 Å². The monoisotopic (exact) mass is 287 g/mol. The van der Waals surface area contributed by atoms with Gasteiger partial charge in [-0.15, -0.1) is 11.3 Å².